The van der Waals surface area contributed by atoms with Crippen LogP contribution in [0.3, 0.4) is 0 Å². The molecule has 7 heteroatoms. The molecule has 7 nitrogen and oxygen atoms in total. The van der Waals surface area contributed by atoms with E-state index in [1.807, 2.05) is 12.1 Å². The monoisotopic (exact) mass is 205 g/mol. The quantitative estimate of drug-likeness (QED) is 0.670. The summed E-state index contributed by atoms with van der Waals surface area (Å²) >= 11 is 0. The third-order valence-corrected chi connectivity index (χ3v) is 2.67. The van der Waals surface area contributed by atoms with Crippen molar-refractivity contribution in [3.8, 4) is 0 Å². The van der Waals surface area contributed by atoms with Crippen LogP contribution in [0.5, 0.6) is 0 Å². The fourth-order valence-corrected chi connectivity index (χ4v) is 1.71. The van der Waals surface area contributed by atoms with Crippen molar-refractivity contribution in [1.82, 2.24) is 25.3 Å². The second-order valence-corrected chi connectivity index (χ2v) is 3.72. The highest BCUT2D eigenvalue weighted by Crippen LogP contribution is 2.21. The van der Waals surface area contributed by atoms with Gasteiger partial charge >= 0.3 is 0 Å². The third kappa shape index (κ3) is 1.32. The zero-order valence-electron chi connectivity index (χ0n) is 8.11. The lowest BCUT2D eigenvalue weighted by Crippen LogP contribution is -2.50. The molecule has 1 fully saturated rings. The van der Waals surface area contributed by atoms with Gasteiger partial charge in [0.25, 0.3) is 0 Å². The number of hydrogen-bond donors (Lipinski definition) is 1. The normalized spacial score (nSPS) is 17.0. The van der Waals surface area contributed by atoms with Crippen LogP contribution in [0.25, 0.3) is 5.65 Å². The Balaban J connectivity index is 1.86. The van der Waals surface area contributed by atoms with Crippen molar-refractivity contribution >= 4 is 11.5 Å². The highest BCUT2D eigenvalue weighted by Gasteiger charge is 2.26. The van der Waals surface area contributed by atoms with E-state index in [0.717, 1.165) is 25.5 Å². The molecule has 0 amide bonds. The van der Waals surface area contributed by atoms with Crippen LogP contribution >= 0.6 is 0 Å². The molecule has 15 heavy (non-hydrogen) atoms. The first-order valence-corrected chi connectivity index (χ1v) is 4.87. The van der Waals surface area contributed by atoms with Gasteiger partial charge in [-0.15, -0.1) is 14.8 Å². The zero-order valence-corrected chi connectivity index (χ0v) is 8.11. The molecule has 1 aliphatic rings. The first-order valence-electron chi connectivity index (χ1n) is 4.87. The lowest BCUT2D eigenvalue weighted by molar-refractivity contribution is 0.414. The smallest absolute Gasteiger partial charge is 0.200 e. The number of nitrogens with zero attached hydrogens (tertiary/aromatic N) is 6. The molecule has 3 rings (SSSR count). The summed E-state index contributed by atoms with van der Waals surface area (Å²) in [5, 5.41) is 15.4. The maximum absolute atomic E-state index is 5.56. The summed E-state index contributed by atoms with van der Waals surface area (Å²) in [5.41, 5.74) is 6.23. The van der Waals surface area contributed by atoms with E-state index >= 15 is 0 Å². The number of fused-ring (bicyclic) bond motifs is 1. The van der Waals surface area contributed by atoms with Gasteiger partial charge in [-0.1, -0.05) is 0 Å². The number of anilines is 1. The predicted molar refractivity (Wildman–Crippen MR) is 53.3 cm³/mol. The SMILES string of the molecule is NCC1CN(c2ccc3nnnn3n2)C1. The molecule has 0 aliphatic carbocycles. The second kappa shape index (κ2) is 3.13. The van der Waals surface area contributed by atoms with Crippen LogP contribution in [0.1, 0.15) is 0 Å². The number of rotatable bonds is 2. The van der Waals surface area contributed by atoms with Crippen molar-refractivity contribution in [3.63, 3.8) is 0 Å². The van der Waals surface area contributed by atoms with E-state index < -0.39 is 0 Å². The highest BCUT2D eigenvalue weighted by atomic mass is 15.6. The van der Waals surface area contributed by atoms with Gasteiger partial charge in [0.15, 0.2) is 11.5 Å². The summed E-state index contributed by atoms with van der Waals surface area (Å²) in [4.78, 5) is 2.17. The molecular weight excluding hydrogens is 194 g/mol. The fourth-order valence-electron chi connectivity index (χ4n) is 1.71. The summed E-state index contributed by atoms with van der Waals surface area (Å²) in [5.74, 6) is 1.50. The molecule has 3 heterocycles. The van der Waals surface area contributed by atoms with E-state index in [1.54, 1.807) is 0 Å². The van der Waals surface area contributed by atoms with Gasteiger partial charge in [-0.05, 0) is 29.1 Å². The minimum atomic E-state index is 0.594. The maximum atomic E-state index is 5.56. The Kier molecular flexibility index (Phi) is 1.78. The zero-order chi connectivity index (χ0) is 10.3. The second-order valence-electron chi connectivity index (χ2n) is 3.72. The summed E-state index contributed by atoms with van der Waals surface area (Å²) in [6.07, 6.45) is 0. The Bertz CT molecular complexity index is 473. The molecule has 1 saturated heterocycles. The Morgan fingerprint density at radius 3 is 3.07 bits per heavy atom. The number of tetrazole rings is 1. The van der Waals surface area contributed by atoms with Crippen molar-refractivity contribution < 1.29 is 0 Å². The molecule has 0 aromatic carbocycles. The van der Waals surface area contributed by atoms with Gasteiger partial charge in [-0.2, -0.15) is 0 Å². The van der Waals surface area contributed by atoms with Gasteiger partial charge in [0.05, 0.1) is 0 Å². The molecule has 2 N–H and O–H groups in total. The van der Waals surface area contributed by atoms with Crippen LogP contribution in [-0.4, -0.2) is 44.9 Å². The summed E-state index contributed by atoms with van der Waals surface area (Å²) in [6.45, 7) is 2.68. The molecule has 0 bridgehead atoms. The molecule has 78 valence electrons. The minimum absolute atomic E-state index is 0.594. The third-order valence-electron chi connectivity index (χ3n) is 2.67. The Morgan fingerprint density at radius 2 is 2.27 bits per heavy atom. The van der Waals surface area contributed by atoms with Gasteiger partial charge < -0.3 is 10.6 Å². The van der Waals surface area contributed by atoms with Crippen molar-refractivity contribution in [1.29, 1.82) is 0 Å². The Labute approximate surface area is 85.9 Å². The molecule has 0 saturated carbocycles. The van der Waals surface area contributed by atoms with E-state index in [1.165, 1.54) is 4.63 Å². The molecule has 2 aromatic rings. The summed E-state index contributed by atoms with van der Waals surface area (Å²) in [7, 11) is 0. The average Bonchev–Trinajstić information content (AvgIpc) is 2.63. The lowest BCUT2D eigenvalue weighted by atomic mass is 10.0. The fraction of sp³-hybridized carbons (Fsp3) is 0.500. The van der Waals surface area contributed by atoms with E-state index in [9.17, 15) is 0 Å². The van der Waals surface area contributed by atoms with Gasteiger partial charge in [0.2, 0.25) is 0 Å². The van der Waals surface area contributed by atoms with Gasteiger partial charge in [0.1, 0.15) is 0 Å². The van der Waals surface area contributed by atoms with Crippen molar-refractivity contribution in [3.05, 3.63) is 12.1 Å². The first kappa shape index (κ1) is 8.54. The summed E-state index contributed by atoms with van der Waals surface area (Å²) < 4.78 is 1.44. The van der Waals surface area contributed by atoms with Crippen LogP contribution in [0, 0.1) is 5.92 Å². The lowest BCUT2D eigenvalue weighted by Gasteiger charge is -2.39. The van der Waals surface area contributed by atoms with E-state index in [0.29, 0.717) is 11.6 Å². The van der Waals surface area contributed by atoms with Crippen molar-refractivity contribution in [2.45, 2.75) is 0 Å². The first-order chi connectivity index (χ1) is 7.36. The van der Waals surface area contributed by atoms with Crippen LogP contribution in [-0.2, 0) is 0 Å². The van der Waals surface area contributed by atoms with Gasteiger partial charge in [-0.3, -0.25) is 0 Å². The van der Waals surface area contributed by atoms with Crippen molar-refractivity contribution in [2.75, 3.05) is 24.5 Å². The molecule has 2 aromatic heterocycles. The van der Waals surface area contributed by atoms with Crippen molar-refractivity contribution in [2.24, 2.45) is 11.7 Å². The predicted octanol–water partition coefficient (Wildman–Crippen LogP) is -1.09. The summed E-state index contributed by atoms with van der Waals surface area (Å²) in [6, 6.07) is 3.79. The molecule has 0 atom stereocenters. The standard InChI is InChI=1S/C8H11N7/c9-3-6-4-14(5-6)8-2-1-7-10-12-13-15(7)11-8/h1-2,6H,3-5,9H2. The molecule has 0 radical (unpaired) electrons. The van der Waals surface area contributed by atoms with E-state index in [2.05, 4.69) is 25.5 Å². The van der Waals surface area contributed by atoms with Crippen LogP contribution in [0.4, 0.5) is 5.82 Å². The number of aromatic nitrogens is 5. The minimum Gasteiger partial charge on any atom is -0.354 e. The van der Waals surface area contributed by atoms with Gasteiger partial charge in [0, 0.05) is 19.0 Å². The van der Waals surface area contributed by atoms with Crippen LogP contribution in [0.15, 0.2) is 12.1 Å². The van der Waals surface area contributed by atoms with Crippen LogP contribution < -0.4 is 10.6 Å². The molecule has 0 spiro atoms. The maximum Gasteiger partial charge on any atom is 0.200 e. The molecule has 0 unspecified atom stereocenters. The average molecular weight is 205 g/mol. The number of hydrogen-bond acceptors (Lipinski definition) is 6. The van der Waals surface area contributed by atoms with Crippen LogP contribution in [0.2, 0.25) is 0 Å². The highest BCUT2D eigenvalue weighted by molar-refractivity contribution is 5.46. The molecule has 1 aliphatic heterocycles. The largest absolute Gasteiger partial charge is 0.354 e. The van der Waals surface area contributed by atoms with E-state index in [-0.39, 0.29) is 0 Å². The van der Waals surface area contributed by atoms with E-state index in [4.69, 9.17) is 5.73 Å². The molecular formula is C8H11N7. The Hall–Kier alpha value is -1.76. The number of nitrogens with two attached hydrogens (primary N) is 1. The Morgan fingerprint density at radius 1 is 1.40 bits per heavy atom. The van der Waals surface area contributed by atoms with Gasteiger partial charge in [-0.25, -0.2) is 0 Å². The topological polar surface area (TPSA) is 85.2 Å².